The van der Waals surface area contributed by atoms with Gasteiger partial charge < -0.3 is 0 Å². The topological polar surface area (TPSA) is 23.8 Å². The predicted molar refractivity (Wildman–Crippen MR) is 71.3 cm³/mol. The molecule has 1 heteroatoms. The SMILES string of the molecule is C=C(C)c1ccc(-c2ccccc2C#N)cc1. The number of nitriles is 1. The van der Waals surface area contributed by atoms with Crippen LogP contribution in [0.5, 0.6) is 0 Å². The maximum atomic E-state index is 9.06. The van der Waals surface area contributed by atoms with Crippen molar-refractivity contribution in [2.24, 2.45) is 0 Å². The highest BCUT2D eigenvalue weighted by atomic mass is 14.2. The second kappa shape index (κ2) is 4.67. The molecule has 0 spiro atoms. The highest BCUT2D eigenvalue weighted by Gasteiger charge is 2.03. The third kappa shape index (κ3) is 2.26. The standard InChI is InChI=1S/C16H13N/c1-12(2)13-7-9-14(10-8-13)16-6-4-3-5-15(16)11-17/h3-10H,1H2,2H3. The van der Waals surface area contributed by atoms with Crippen molar-refractivity contribution in [1.29, 1.82) is 5.26 Å². The van der Waals surface area contributed by atoms with Crippen LogP contribution in [0.1, 0.15) is 18.1 Å². The van der Waals surface area contributed by atoms with Crippen molar-refractivity contribution in [2.75, 3.05) is 0 Å². The predicted octanol–water partition coefficient (Wildman–Crippen LogP) is 4.26. The summed E-state index contributed by atoms with van der Waals surface area (Å²) in [5.41, 5.74) is 4.92. The monoisotopic (exact) mass is 219 g/mol. The zero-order valence-corrected chi connectivity index (χ0v) is 9.77. The van der Waals surface area contributed by atoms with Crippen molar-refractivity contribution < 1.29 is 0 Å². The zero-order chi connectivity index (χ0) is 12.3. The molecular formula is C16H13N. The molecule has 0 bridgehead atoms. The fraction of sp³-hybridized carbons (Fsp3) is 0.0625. The van der Waals surface area contributed by atoms with Gasteiger partial charge in [0.05, 0.1) is 11.6 Å². The quantitative estimate of drug-likeness (QED) is 0.740. The molecule has 2 aromatic carbocycles. The maximum Gasteiger partial charge on any atom is 0.0998 e. The Morgan fingerprint density at radius 3 is 2.29 bits per heavy atom. The van der Waals surface area contributed by atoms with Gasteiger partial charge in [-0.3, -0.25) is 0 Å². The van der Waals surface area contributed by atoms with Crippen LogP contribution in [0.15, 0.2) is 55.1 Å². The molecule has 0 aliphatic rings. The van der Waals surface area contributed by atoms with Crippen molar-refractivity contribution in [2.45, 2.75) is 6.92 Å². The molecule has 82 valence electrons. The van der Waals surface area contributed by atoms with Crippen LogP contribution in [0.2, 0.25) is 0 Å². The number of allylic oxidation sites excluding steroid dienone is 1. The first-order valence-corrected chi connectivity index (χ1v) is 5.48. The fourth-order valence-corrected chi connectivity index (χ4v) is 1.77. The number of nitrogens with zero attached hydrogens (tertiary/aromatic N) is 1. The Labute approximate surface area is 102 Å². The van der Waals surface area contributed by atoms with Gasteiger partial charge in [0.2, 0.25) is 0 Å². The highest BCUT2D eigenvalue weighted by molar-refractivity contribution is 5.72. The van der Waals surface area contributed by atoms with Crippen LogP contribution >= 0.6 is 0 Å². The van der Waals surface area contributed by atoms with Crippen molar-refractivity contribution in [1.82, 2.24) is 0 Å². The van der Waals surface area contributed by atoms with Crippen LogP contribution in [0.25, 0.3) is 16.7 Å². The molecule has 0 heterocycles. The van der Waals surface area contributed by atoms with Crippen LogP contribution in [0.3, 0.4) is 0 Å². The Balaban J connectivity index is 2.47. The zero-order valence-electron chi connectivity index (χ0n) is 9.77. The summed E-state index contributed by atoms with van der Waals surface area (Å²) in [6.45, 7) is 5.89. The van der Waals surface area contributed by atoms with Crippen molar-refractivity contribution in [3.63, 3.8) is 0 Å². The molecule has 0 unspecified atom stereocenters. The molecular weight excluding hydrogens is 206 g/mol. The molecule has 2 aromatic rings. The number of hydrogen-bond donors (Lipinski definition) is 0. The van der Waals surface area contributed by atoms with Crippen LogP contribution in [0.4, 0.5) is 0 Å². The average Bonchev–Trinajstić information content (AvgIpc) is 2.39. The minimum atomic E-state index is 0.704. The molecule has 0 amide bonds. The number of hydrogen-bond acceptors (Lipinski definition) is 1. The number of benzene rings is 2. The van der Waals surface area contributed by atoms with E-state index >= 15 is 0 Å². The fourth-order valence-electron chi connectivity index (χ4n) is 1.77. The van der Waals surface area contributed by atoms with E-state index in [0.29, 0.717) is 5.56 Å². The Hall–Kier alpha value is -2.33. The second-order valence-electron chi connectivity index (χ2n) is 4.02. The maximum absolute atomic E-state index is 9.06. The molecule has 17 heavy (non-hydrogen) atoms. The third-order valence-electron chi connectivity index (χ3n) is 2.74. The summed E-state index contributed by atoms with van der Waals surface area (Å²) in [4.78, 5) is 0. The van der Waals surface area contributed by atoms with Gasteiger partial charge in [-0.05, 0) is 29.7 Å². The van der Waals surface area contributed by atoms with E-state index in [4.69, 9.17) is 5.26 Å². The molecule has 0 saturated heterocycles. The summed E-state index contributed by atoms with van der Waals surface area (Å²) >= 11 is 0. The van der Waals surface area contributed by atoms with E-state index in [1.165, 1.54) is 0 Å². The van der Waals surface area contributed by atoms with Gasteiger partial charge in [0.1, 0.15) is 0 Å². The van der Waals surface area contributed by atoms with Crippen molar-refractivity contribution >= 4 is 5.57 Å². The molecule has 0 radical (unpaired) electrons. The first kappa shape index (κ1) is 11.2. The van der Waals surface area contributed by atoms with Crippen molar-refractivity contribution in [3.05, 3.63) is 66.2 Å². The van der Waals surface area contributed by atoms with E-state index in [1.54, 1.807) is 0 Å². The summed E-state index contributed by atoms with van der Waals surface area (Å²) in [5, 5.41) is 9.06. The molecule has 0 aliphatic heterocycles. The summed E-state index contributed by atoms with van der Waals surface area (Å²) in [7, 11) is 0. The molecule has 0 N–H and O–H groups in total. The normalized spacial score (nSPS) is 9.65. The molecule has 0 saturated carbocycles. The Morgan fingerprint density at radius 2 is 1.71 bits per heavy atom. The smallest absolute Gasteiger partial charge is 0.0998 e. The number of rotatable bonds is 2. The molecule has 0 fully saturated rings. The molecule has 1 nitrogen and oxygen atoms in total. The first-order chi connectivity index (χ1) is 8.22. The largest absolute Gasteiger partial charge is 0.192 e. The van der Waals surface area contributed by atoms with E-state index in [-0.39, 0.29) is 0 Å². The van der Waals surface area contributed by atoms with Gasteiger partial charge in [0, 0.05) is 0 Å². The van der Waals surface area contributed by atoms with Gasteiger partial charge in [0.15, 0.2) is 0 Å². The van der Waals surface area contributed by atoms with Crippen LogP contribution in [-0.4, -0.2) is 0 Å². The van der Waals surface area contributed by atoms with Gasteiger partial charge >= 0.3 is 0 Å². The average molecular weight is 219 g/mol. The lowest BCUT2D eigenvalue weighted by molar-refractivity contribution is 1.47. The van der Waals surface area contributed by atoms with Crippen LogP contribution < -0.4 is 0 Å². The minimum Gasteiger partial charge on any atom is -0.192 e. The van der Waals surface area contributed by atoms with Crippen molar-refractivity contribution in [3.8, 4) is 17.2 Å². The van der Waals surface area contributed by atoms with E-state index in [0.717, 1.165) is 22.3 Å². The molecule has 0 aliphatic carbocycles. The van der Waals surface area contributed by atoms with E-state index in [9.17, 15) is 0 Å². The van der Waals surface area contributed by atoms with Gasteiger partial charge in [-0.15, -0.1) is 0 Å². The van der Waals surface area contributed by atoms with E-state index < -0.39 is 0 Å². The molecule has 2 rings (SSSR count). The van der Waals surface area contributed by atoms with Crippen LogP contribution in [0, 0.1) is 11.3 Å². The Kier molecular flexibility index (Phi) is 3.07. The summed E-state index contributed by atoms with van der Waals surface area (Å²) in [6.07, 6.45) is 0. The Morgan fingerprint density at radius 1 is 1.06 bits per heavy atom. The van der Waals surface area contributed by atoms with Gasteiger partial charge in [-0.25, -0.2) is 0 Å². The highest BCUT2D eigenvalue weighted by Crippen LogP contribution is 2.24. The second-order valence-corrected chi connectivity index (χ2v) is 4.02. The lowest BCUT2D eigenvalue weighted by Gasteiger charge is -2.05. The van der Waals surface area contributed by atoms with Gasteiger partial charge in [-0.2, -0.15) is 5.26 Å². The first-order valence-electron chi connectivity index (χ1n) is 5.48. The van der Waals surface area contributed by atoms with E-state index in [1.807, 2.05) is 55.5 Å². The molecule has 0 aromatic heterocycles. The van der Waals surface area contributed by atoms with Crippen LogP contribution in [-0.2, 0) is 0 Å². The summed E-state index contributed by atoms with van der Waals surface area (Å²) in [5.74, 6) is 0. The lowest BCUT2D eigenvalue weighted by atomic mass is 9.98. The molecule has 0 atom stereocenters. The van der Waals surface area contributed by atoms with Gasteiger partial charge in [-0.1, -0.05) is 54.6 Å². The Bertz CT molecular complexity index is 586. The van der Waals surface area contributed by atoms with Gasteiger partial charge in [0.25, 0.3) is 0 Å². The minimum absolute atomic E-state index is 0.704. The third-order valence-corrected chi connectivity index (χ3v) is 2.74. The van der Waals surface area contributed by atoms with E-state index in [2.05, 4.69) is 12.6 Å². The lowest BCUT2D eigenvalue weighted by Crippen LogP contribution is -1.84. The summed E-state index contributed by atoms with van der Waals surface area (Å²) < 4.78 is 0. The summed E-state index contributed by atoms with van der Waals surface area (Å²) in [6, 6.07) is 18.0.